The maximum Gasteiger partial charge on any atom is 0.341 e. The van der Waals surface area contributed by atoms with Gasteiger partial charge in [0.2, 0.25) is 0 Å². The zero-order chi connectivity index (χ0) is 12.8. The van der Waals surface area contributed by atoms with Gasteiger partial charge in [-0.2, -0.15) is 0 Å². The first-order chi connectivity index (χ1) is 8.02. The Labute approximate surface area is 103 Å². The van der Waals surface area contributed by atoms with E-state index in [1.807, 2.05) is 6.07 Å². The van der Waals surface area contributed by atoms with Gasteiger partial charge in [0.1, 0.15) is 5.57 Å². The molecule has 17 heavy (non-hydrogen) atoms. The molecule has 0 saturated heterocycles. The summed E-state index contributed by atoms with van der Waals surface area (Å²) in [6.07, 6.45) is 2.41. The van der Waals surface area contributed by atoms with Crippen LogP contribution in [0.4, 0.5) is 0 Å². The van der Waals surface area contributed by atoms with Gasteiger partial charge >= 0.3 is 5.97 Å². The summed E-state index contributed by atoms with van der Waals surface area (Å²) in [7, 11) is 0. The van der Waals surface area contributed by atoms with Crippen LogP contribution >= 0.6 is 11.6 Å². The summed E-state index contributed by atoms with van der Waals surface area (Å²) in [5.41, 5.74) is 5.11. The first kappa shape index (κ1) is 13.0. The number of allylic oxidation sites excluding steroid dienone is 2. The Morgan fingerprint density at radius 3 is 2.24 bits per heavy atom. The van der Waals surface area contributed by atoms with Crippen LogP contribution < -0.4 is 5.73 Å². The molecule has 1 rings (SSSR count). The van der Waals surface area contributed by atoms with E-state index in [1.165, 1.54) is 6.08 Å². The minimum absolute atomic E-state index is 0.325. The molecule has 0 atom stereocenters. The van der Waals surface area contributed by atoms with Gasteiger partial charge in [-0.1, -0.05) is 41.9 Å². The minimum atomic E-state index is -1.38. The Hall–Kier alpha value is -2.07. The van der Waals surface area contributed by atoms with Gasteiger partial charge in [0.15, 0.2) is 0 Å². The summed E-state index contributed by atoms with van der Waals surface area (Å²) in [5, 5.41) is 9.01. The first-order valence-corrected chi connectivity index (χ1v) is 5.06. The molecule has 0 heterocycles. The molecule has 0 aliphatic heterocycles. The Morgan fingerprint density at radius 1 is 1.18 bits per heavy atom. The number of carboxylic acid groups (broad SMARTS) is 1. The van der Waals surface area contributed by atoms with E-state index in [0.717, 1.165) is 11.6 Å². The van der Waals surface area contributed by atoms with E-state index in [-0.39, 0.29) is 0 Å². The third kappa shape index (κ3) is 3.77. The van der Waals surface area contributed by atoms with Crippen LogP contribution in [0.25, 0.3) is 5.03 Å². The lowest BCUT2D eigenvalue weighted by atomic mass is 10.2. The number of rotatable bonds is 4. The molecule has 0 radical (unpaired) electrons. The van der Waals surface area contributed by atoms with Crippen molar-refractivity contribution in [2.75, 3.05) is 0 Å². The normalized spacial score (nSPS) is 12.3. The number of halogens is 1. The average Bonchev–Trinajstić information content (AvgIpc) is 2.29. The number of primary amides is 1. The van der Waals surface area contributed by atoms with E-state index >= 15 is 0 Å². The standard InChI is InChI=1S/C12H10ClNO3/c13-10(8-4-2-1-3-5-8)7-6-9(11(14)15)12(16)17/h1-7H,(H2,14,15)(H,16,17)/b9-6-,10-7-. The van der Waals surface area contributed by atoms with Crippen molar-refractivity contribution in [1.29, 1.82) is 0 Å². The van der Waals surface area contributed by atoms with Crippen LogP contribution in [0.15, 0.2) is 48.1 Å². The second kappa shape index (κ2) is 5.86. The molecular weight excluding hydrogens is 242 g/mol. The van der Waals surface area contributed by atoms with E-state index in [9.17, 15) is 9.59 Å². The minimum Gasteiger partial charge on any atom is -0.477 e. The molecule has 4 nitrogen and oxygen atoms in total. The van der Waals surface area contributed by atoms with Crippen molar-refractivity contribution < 1.29 is 14.7 Å². The summed E-state index contributed by atoms with van der Waals surface area (Å²) in [5.74, 6) is -2.39. The molecular formula is C12H10ClNO3. The van der Waals surface area contributed by atoms with Crippen LogP contribution in [0.5, 0.6) is 0 Å². The van der Waals surface area contributed by atoms with Crippen molar-refractivity contribution in [3.63, 3.8) is 0 Å². The predicted octanol–water partition coefficient (Wildman–Crippen LogP) is 1.76. The molecule has 0 saturated carbocycles. The second-order valence-corrected chi connectivity index (χ2v) is 3.54. The number of nitrogens with two attached hydrogens (primary N) is 1. The third-order valence-corrected chi connectivity index (χ3v) is 2.29. The van der Waals surface area contributed by atoms with Gasteiger partial charge in [-0.05, 0) is 17.7 Å². The number of hydrogen-bond donors (Lipinski definition) is 2. The number of carbonyl (C=O) groups is 2. The quantitative estimate of drug-likeness (QED) is 0.370. The maximum atomic E-state index is 10.8. The van der Waals surface area contributed by atoms with Crippen molar-refractivity contribution in [3.05, 3.63) is 53.6 Å². The average molecular weight is 252 g/mol. The molecule has 1 aromatic carbocycles. The molecule has 1 amide bonds. The molecule has 88 valence electrons. The molecule has 0 aliphatic carbocycles. The van der Waals surface area contributed by atoms with Crippen LogP contribution in [0.1, 0.15) is 5.56 Å². The SMILES string of the molecule is NC(=O)/C(=C/C=C(\Cl)c1ccccc1)C(=O)O. The molecule has 3 N–H and O–H groups in total. The molecule has 0 aliphatic rings. The number of carbonyl (C=O) groups excluding carboxylic acids is 1. The van der Waals surface area contributed by atoms with Gasteiger partial charge in [-0.3, -0.25) is 4.79 Å². The van der Waals surface area contributed by atoms with Gasteiger partial charge in [0, 0.05) is 5.03 Å². The van der Waals surface area contributed by atoms with E-state index < -0.39 is 17.4 Å². The second-order valence-electron chi connectivity index (χ2n) is 3.13. The Kier molecular flexibility index (Phi) is 4.48. The number of benzene rings is 1. The fourth-order valence-electron chi connectivity index (χ4n) is 1.11. The largest absolute Gasteiger partial charge is 0.477 e. The van der Waals surface area contributed by atoms with Crippen LogP contribution in [-0.2, 0) is 9.59 Å². The lowest BCUT2D eigenvalue weighted by Crippen LogP contribution is -2.20. The highest BCUT2D eigenvalue weighted by Gasteiger charge is 2.12. The smallest absolute Gasteiger partial charge is 0.341 e. The van der Waals surface area contributed by atoms with Crippen molar-refractivity contribution in [3.8, 4) is 0 Å². The highest BCUT2D eigenvalue weighted by atomic mass is 35.5. The lowest BCUT2D eigenvalue weighted by Gasteiger charge is -1.97. The van der Waals surface area contributed by atoms with Crippen LogP contribution in [0.2, 0.25) is 0 Å². The van der Waals surface area contributed by atoms with Gasteiger partial charge < -0.3 is 10.8 Å². The Morgan fingerprint density at radius 2 is 1.76 bits per heavy atom. The Balaban J connectivity index is 3.00. The molecule has 0 unspecified atom stereocenters. The summed E-state index contributed by atoms with van der Waals surface area (Å²) in [6.45, 7) is 0. The summed E-state index contributed by atoms with van der Waals surface area (Å²) in [4.78, 5) is 21.4. The van der Waals surface area contributed by atoms with Gasteiger partial charge in [-0.25, -0.2) is 4.79 Å². The van der Waals surface area contributed by atoms with Gasteiger partial charge in [0.05, 0.1) is 0 Å². The number of amides is 1. The monoisotopic (exact) mass is 251 g/mol. The number of hydrogen-bond acceptors (Lipinski definition) is 2. The summed E-state index contributed by atoms with van der Waals surface area (Å²) in [6, 6.07) is 8.94. The predicted molar refractivity (Wildman–Crippen MR) is 65.2 cm³/mol. The van der Waals surface area contributed by atoms with Crippen LogP contribution in [-0.4, -0.2) is 17.0 Å². The molecule has 0 fully saturated rings. The number of aliphatic carboxylic acids is 1. The van der Waals surface area contributed by atoms with E-state index in [1.54, 1.807) is 24.3 Å². The summed E-state index contributed by atoms with van der Waals surface area (Å²) < 4.78 is 0. The van der Waals surface area contributed by atoms with Gasteiger partial charge in [-0.15, -0.1) is 0 Å². The fourth-order valence-corrected chi connectivity index (χ4v) is 1.30. The highest BCUT2D eigenvalue weighted by molar-refractivity contribution is 6.48. The molecule has 0 aromatic heterocycles. The zero-order valence-electron chi connectivity index (χ0n) is 8.76. The van der Waals surface area contributed by atoms with Crippen LogP contribution in [0, 0.1) is 0 Å². The molecule has 0 bridgehead atoms. The van der Waals surface area contributed by atoms with Crippen molar-refractivity contribution in [2.24, 2.45) is 5.73 Å². The van der Waals surface area contributed by atoms with E-state index in [2.05, 4.69) is 0 Å². The van der Waals surface area contributed by atoms with Gasteiger partial charge in [0.25, 0.3) is 5.91 Å². The van der Waals surface area contributed by atoms with Crippen LogP contribution in [0.3, 0.4) is 0 Å². The number of carboxylic acids is 1. The van der Waals surface area contributed by atoms with Crippen molar-refractivity contribution in [1.82, 2.24) is 0 Å². The zero-order valence-corrected chi connectivity index (χ0v) is 9.52. The van der Waals surface area contributed by atoms with E-state index in [4.69, 9.17) is 22.4 Å². The molecule has 1 aromatic rings. The highest BCUT2D eigenvalue weighted by Crippen LogP contribution is 2.18. The van der Waals surface area contributed by atoms with Crippen molar-refractivity contribution >= 4 is 28.5 Å². The molecule has 0 spiro atoms. The first-order valence-electron chi connectivity index (χ1n) is 4.68. The Bertz CT molecular complexity index is 476. The topological polar surface area (TPSA) is 80.4 Å². The lowest BCUT2D eigenvalue weighted by molar-refractivity contribution is -0.134. The molecule has 5 heteroatoms. The van der Waals surface area contributed by atoms with Crippen molar-refractivity contribution in [2.45, 2.75) is 0 Å². The third-order valence-electron chi connectivity index (χ3n) is 1.94. The van der Waals surface area contributed by atoms with E-state index in [0.29, 0.717) is 5.03 Å². The fraction of sp³-hybridized carbons (Fsp3) is 0. The summed E-state index contributed by atoms with van der Waals surface area (Å²) >= 11 is 5.93. The maximum absolute atomic E-state index is 10.8.